The smallest absolute Gasteiger partial charge is 0.264 e. The quantitative estimate of drug-likeness (QED) is 0.167. The maximum absolute atomic E-state index is 14.5. The molecule has 0 saturated carbocycles. The predicted octanol–water partition coefficient (Wildman–Crippen LogP) is 6.27. The van der Waals surface area contributed by atoms with Crippen LogP contribution in [0.5, 0.6) is 5.75 Å². The molecule has 0 heterocycles. The second-order valence-corrected chi connectivity index (χ2v) is 13.5. The van der Waals surface area contributed by atoms with Crippen molar-refractivity contribution < 1.29 is 27.1 Å². The van der Waals surface area contributed by atoms with Gasteiger partial charge >= 0.3 is 0 Å². The minimum Gasteiger partial charge on any atom is -0.496 e. The van der Waals surface area contributed by atoms with Gasteiger partial charge in [0.1, 0.15) is 24.2 Å². The van der Waals surface area contributed by atoms with E-state index in [1.165, 1.54) is 42.3 Å². The van der Waals surface area contributed by atoms with Gasteiger partial charge in [0.25, 0.3) is 10.0 Å². The van der Waals surface area contributed by atoms with E-state index in [0.29, 0.717) is 28.8 Å². The molecule has 0 radical (unpaired) electrons. The number of anilines is 1. The highest BCUT2D eigenvalue weighted by atomic mass is 79.9. The first kappa shape index (κ1) is 34.6. The third-order valence-electron chi connectivity index (χ3n) is 7.40. The lowest BCUT2D eigenvalue weighted by Crippen LogP contribution is -2.53. The number of halogens is 2. The highest BCUT2D eigenvalue weighted by molar-refractivity contribution is 9.10. The lowest BCUT2D eigenvalue weighted by atomic mass is 10.0. The van der Waals surface area contributed by atoms with Crippen molar-refractivity contribution in [1.82, 2.24) is 10.2 Å². The molecule has 0 fully saturated rings. The van der Waals surface area contributed by atoms with Crippen molar-refractivity contribution in [2.75, 3.05) is 24.5 Å². The Bertz CT molecular complexity index is 1740. The van der Waals surface area contributed by atoms with Crippen molar-refractivity contribution in [3.8, 4) is 5.75 Å². The van der Waals surface area contributed by atoms with Gasteiger partial charge in [-0.3, -0.25) is 13.9 Å². The van der Waals surface area contributed by atoms with Crippen LogP contribution < -0.4 is 14.4 Å². The van der Waals surface area contributed by atoms with E-state index in [2.05, 4.69) is 21.2 Å². The SMILES string of the molecule is CCCNC(=O)[C@@H](Cc1ccccc1)N(Cc1ccc(F)cc1)C(=O)CN(c1ccc(C)cc1)S(=O)(=O)c1ccc(OC)c(Br)c1. The van der Waals surface area contributed by atoms with Gasteiger partial charge in [-0.05, 0) is 82.9 Å². The number of aryl methyl sites for hydroxylation is 1. The summed E-state index contributed by atoms with van der Waals surface area (Å²) in [5.41, 5.74) is 2.60. The van der Waals surface area contributed by atoms with E-state index < -0.39 is 34.3 Å². The molecule has 0 aliphatic heterocycles. The molecule has 1 N–H and O–H groups in total. The van der Waals surface area contributed by atoms with E-state index in [9.17, 15) is 22.4 Å². The van der Waals surface area contributed by atoms with Crippen molar-refractivity contribution >= 4 is 43.5 Å². The minimum atomic E-state index is -4.29. The van der Waals surface area contributed by atoms with Crippen LogP contribution in [-0.2, 0) is 32.6 Å². The monoisotopic (exact) mass is 709 g/mol. The summed E-state index contributed by atoms with van der Waals surface area (Å²) in [4.78, 5) is 29.5. The molecular weight excluding hydrogens is 673 g/mol. The van der Waals surface area contributed by atoms with E-state index in [1.807, 2.05) is 44.2 Å². The number of amides is 2. The Morgan fingerprint density at radius 3 is 2.22 bits per heavy atom. The molecule has 0 saturated heterocycles. The van der Waals surface area contributed by atoms with E-state index in [1.54, 1.807) is 36.4 Å². The standard InChI is InChI=1S/C35H37BrFN3O5S/c1-4-20-38-35(42)32(21-26-8-6-5-7-9-26)39(23-27-12-14-28(37)15-13-27)34(41)24-40(29-16-10-25(2)11-17-29)46(43,44)30-18-19-33(45-3)31(36)22-30/h5-19,22,32H,4,20-21,23-24H2,1-3H3,(H,38,42)/t32-/m1/s1. The van der Waals surface area contributed by atoms with Crippen LogP contribution in [0.4, 0.5) is 10.1 Å². The summed E-state index contributed by atoms with van der Waals surface area (Å²) >= 11 is 3.36. The molecule has 1 atom stereocenters. The summed E-state index contributed by atoms with van der Waals surface area (Å²) in [5.74, 6) is -0.965. The number of nitrogens with zero attached hydrogens (tertiary/aromatic N) is 2. The van der Waals surface area contributed by atoms with Gasteiger partial charge < -0.3 is 15.0 Å². The number of methoxy groups -OCH3 is 1. The Kier molecular flexibility index (Phi) is 11.9. The minimum absolute atomic E-state index is 0.0496. The molecule has 0 aliphatic carbocycles. The van der Waals surface area contributed by atoms with Crippen LogP contribution >= 0.6 is 15.9 Å². The highest BCUT2D eigenvalue weighted by Crippen LogP contribution is 2.31. The number of hydrogen-bond acceptors (Lipinski definition) is 5. The van der Waals surface area contributed by atoms with Crippen molar-refractivity contribution in [2.24, 2.45) is 0 Å². The second-order valence-electron chi connectivity index (χ2n) is 10.8. The van der Waals surface area contributed by atoms with Gasteiger partial charge in [-0.25, -0.2) is 12.8 Å². The Labute approximate surface area is 278 Å². The molecule has 2 amide bonds. The number of carbonyl (C=O) groups is 2. The summed E-state index contributed by atoms with van der Waals surface area (Å²) in [6, 6.07) is 25.1. The van der Waals surface area contributed by atoms with Crippen LogP contribution in [0.15, 0.2) is 106 Å². The Morgan fingerprint density at radius 2 is 1.61 bits per heavy atom. The Hall–Kier alpha value is -4.22. The number of carbonyl (C=O) groups excluding carboxylic acids is 2. The molecule has 11 heteroatoms. The van der Waals surface area contributed by atoms with Crippen molar-refractivity contribution in [3.05, 3.63) is 124 Å². The van der Waals surface area contributed by atoms with Crippen molar-refractivity contribution in [3.63, 3.8) is 0 Å². The fourth-order valence-corrected chi connectivity index (χ4v) is 7.01. The van der Waals surface area contributed by atoms with E-state index in [0.717, 1.165) is 15.4 Å². The van der Waals surface area contributed by atoms with Gasteiger partial charge in [-0.1, -0.05) is 67.1 Å². The summed E-state index contributed by atoms with van der Waals surface area (Å²) < 4.78 is 49.0. The molecule has 0 spiro atoms. The van der Waals surface area contributed by atoms with Crippen LogP contribution in [0, 0.1) is 12.7 Å². The molecular formula is C35H37BrFN3O5S. The highest BCUT2D eigenvalue weighted by Gasteiger charge is 2.34. The van der Waals surface area contributed by atoms with Crippen LogP contribution in [-0.4, -0.2) is 51.4 Å². The zero-order chi connectivity index (χ0) is 33.3. The summed E-state index contributed by atoms with van der Waals surface area (Å²) in [6.45, 7) is 3.56. The first-order valence-electron chi connectivity index (χ1n) is 14.8. The normalized spacial score (nSPS) is 11.8. The van der Waals surface area contributed by atoms with Crippen molar-refractivity contribution in [1.29, 1.82) is 0 Å². The average Bonchev–Trinajstić information content (AvgIpc) is 3.05. The molecule has 4 aromatic rings. The molecule has 46 heavy (non-hydrogen) atoms. The Morgan fingerprint density at radius 1 is 0.935 bits per heavy atom. The topological polar surface area (TPSA) is 96.0 Å². The summed E-state index contributed by atoms with van der Waals surface area (Å²) in [7, 11) is -2.81. The predicted molar refractivity (Wildman–Crippen MR) is 181 cm³/mol. The number of ether oxygens (including phenoxy) is 1. The largest absolute Gasteiger partial charge is 0.496 e. The van der Waals surface area contributed by atoms with Crippen LogP contribution in [0.25, 0.3) is 0 Å². The maximum atomic E-state index is 14.5. The van der Waals surface area contributed by atoms with Crippen LogP contribution in [0.1, 0.15) is 30.0 Å². The molecule has 0 bridgehead atoms. The summed E-state index contributed by atoms with van der Waals surface area (Å²) in [6.07, 6.45) is 0.874. The van der Waals surface area contributed by atoms with Crippen molar-refractivity contribution in [2.45, 2.75) is 44.2 Å². The summed E-state index contributed by atoms with van der Waals surface area (Å²) in [5, 5.41) is 2.91. The average molecular weight is 711 g/mol. The van der Waals surface area contributed by atoms with E-state index >= 15 is 0 Å². The van der Waals surface area contributed by atoms with Gasteiger partial charge in [0.15, 0.2) is 0 Å². The number of rotatable bonds is 14. The van der Waals surface area contributed by atoms with Gasteiger partial charge in [-0.15, -0.1) is 0 Å². The van der Waals surface area contributed by atoms with Gasteiger partial charge in [0, 0.05) is 19.5 Å². The van der Waals surface area contributed by atoms with Gasteiger partial charge in [0.05, 0.1) is 22.2 Å². The van der Waals surface area contributed by atoms with Gasteiger partial charge in [-0.2, -0.15) is 0 Å². The third-order valence-corrected chi connectivity index (χ3v) is 9.79. The lowest BCUT2D eigenvalue weighted by molar-refractivity contribution is -0.140. The van der Waals surface area contributed by atoms with Crippen LogP contribution in [0.2, 0.25) is 0 Å². The lowest BCUT2D eigenvalue weighted by Gasteiger charge is -2.34. The number of hydrogen-bond donors (Lipinski definition) is 1. The first-order chi connectivity index (χ1) is 22.0. The number of nitrogens with one attached hydrogen (secondary N) is 1. The fraction of sp³-hybridized carbons (Fsp3) is 0.257. The van der Waals surface area contributed by atoms with Gasteiger partial charge in [0.2, 0.25) is 11.8 Å². The fourth-order valence-electron chi connectivity index (χ4n) is 4.88. The molecule has 4 aromatic carbocycles. The molecule has 8 nitrogen and oxygen atoms in total. The maximum Gasteiger partial charge on any atom is 0.264 e. The zero-order valence-electron chi connectivity index (χ0n) is 26.0. The molecule has 0 aromatic heterocycles. The third kappa shape index (κ3) is 8.73. The van der Waals surface area contributed by atoms with E-state index in [-0.39, 0.29) is 29.5 Å². The molecule has 0 aliphatic rings. The zero-order valence-corrected chi connectivity index (χ0v) is 28.4. The molecule has 4 rings (SSSR count). The Balaban J connectivity index is 1.80. The first-order valence-corrected chi connectivity index (χ1v) is 17.0. The second kappa shape index (κ2) is 15.9. The number of sulfonamides is 1. The molecule has 0 unspecified atom stereocenters. The van der Waals surface area contributed by atoms with E-state index in [4.69, 9.17) is 4.74 Å². The number of benzene rings is 4. The molecule has 242 valence electrons. The van der Waals surface area contributed by atoms with Crippen LogP contribution in [0.3, 0.4) is 0 Å².